The Morgan fingerprint density at radius 3 is 1.92 bits per heavy atom. The first kappa shape index (κ1) is 9.77. The smallest absolute Gasteiger partial charge is 0.294 e. The normalized spacial score (nSPS) is 24.2. The van der Waals surface area contributed by atoms with Gasteiger partial charge in [-0.05, 0) is 13.8 Å². The van der Waals surface area contributed by atoms with Gasteiger partial charge in [-0.2, -0.15) is 13.2 Å². The third-order valence-corrected chi connectivity index (χ3v) is 2.15. The molecule has 12 heavy (non-hydrogen) atoms. The maximum atomic E-state index is 12.9. The first-order valence-corrected chi connectivity index (χ1v) is 3.76. The van der Waals surface area contributed by atoms with Crippen LogP contribution in [0.5, 0.6) is 0 Å². The molecule has 0 radical (unpaired) electrons. The van der Waals surface area contributed by atoms with E-state index in [0.717, 1.165) is 0 Å². The summed E-state index contributed by atoms with van der Waals surface area (Å²) < 4.78 is 48.6. The van der Waals surface area contributed by atoms with Crippen molar-refractivity contribution in [1.82, 2.24) is 4.90 Å². The lowest BCUT2D eigenvalue weighted by atomic mass is 9.94. The van der Waals surface area contributed by atoms with Crippen molar-refractivity contribution in [1.29, 1.82) is 0 Å². The van der Waals surface area contributed by atoms with Gasteiger partial charge in [0.05, 0.1) is 0 Å². The zero-order valence-corrected chi connectivity index (χ0v) is 6.95. The van der Waals surface area contributed by atoms with E-state index in [1.54, 1.807) is 13.8 Å². The van der Waals surface area contributed by atoms with E-state index < -0.39 is 24.9 Å². The summed E-state index contributed by atoms with van der Waals surface area (Å²) in [6.07, 6.45) is -4.71. The number of hydrogen-bond acceptors (Lipinski definition) is 1. The summed E-state index contributed by atoms with van der Waals surface area (Å²) in [7, 11) is 0. The van der Waals surface area contributed by atoms with Crippen molar-refractivity contribution in [2.45, 2.75) is 31.7 Å². The van der Waals surface area contributed by atoms with Gasteiger partial charge in [-0.3, -0.25) is 4.90 Å². The van der Waals surface area contributed by atoms with E-state index in [-0.39, 0.29) is 6.04 Å². The van der Waals surface area contributed by atoms with Crippen molar-refractivity contribution in [3.63, 3.8) is 0 Å². The van der Waals surface area contributed by atoms with Gasteiger partial charge in [0.25, 0.3) is 0 Å². The predicted molar refractivity (Wildman–Crippen MR) is 36.6 cm³/mol. The number of nitrogens with zero attached hydrogens (tertiary/aromatic N) is 1. The van der Waals surface area contributed by atoms with Crippen LogP contribution in [0, 0.1) is 0 Å². The highest BCUT2D eigenvalue weighted by Crippen LogP contribution is 2.41. The molecule has 72 valence electrons. The average molecular weight is 185 g/mol. The second kappa shape index (κ2) is 2.58. The van der Waals surface area contributed by atoms with Gasteiger partial charge in [-0.1, -0.05) is 0 Å². The Kier molecular flexibility index (Phi) is 2.10. The van der Waals surface area contributed by atoms with Crippen LogP contribution in [0.25, 0.3) is 0 Å². The molecule has 1 aliphatic rings. The molecule has 0 aromatic rings. The number of likely N-dealkylation sites (tertiary alicyclic amines) is 1. The van der Waals surface area contributed by atoms with Crippen LogP contribution in [0.4, 0.5) is 17.6 Å². The lowest BCUT2D eigenvalue weighted by molar-refractivity contribution is -0.274. The zero-order valence-electron chi connectivity index (χ0n) is 6.95. The second-order valence-corrected chi connectivity index (χ2v) is 3.46. The quantitative estimate of drug-likeness (QED) is 0.564. The van der Waals surface area contributed by atoms with Crippen molar-refractivity contribution >= 4 is 0 Å². The van der Waals surface area contributed by atoms with Crippen LogP contribution in [0.3, 0.4) is 0 Å². The molecule has 1 nitrogen and oxygen atoms in total. The molecule has 5 heteroatoms. The summed E-state index contributed by atoms with van der Waals surface area (Å²) in [5.41, 5.74) is -2.96. The van der Waals surface area contributed by atoms with Gasteiger partial charge in [-0.25, -0.2) is 4.39 Å². The fourth-order valence-corrected chi connectivity index (χ4v) is 1.14. The minimum absolute atomic E-state index is 0.0174. The molecule has 0 N–H and O–H groups in total. The molecule has 0 aliphatic carbocycles. The Bertz CT molecular complexity index is 169. The van der Waals surface area contributed by atoms with Crippen LogP contribution in [-0.4, -0.2) is 35.9 Å². The molecule has 0 amide bonds. The Balaban J connectivity index is 2.51. The van der Waals surface area contributed by atoms with Gasteiger partial charge in [0.1, 0.15) is 0 Å². The summed E-state index contributed by atoms with van der Waals surface area (Å²) in [5, 5.41) is 0. The van der Waals surface area contributed by atoms with E-state index in [9.17, 15) is 17.6 Å². The molecule has 0 saturated carbocycles. The number of alkyl halides is 4. The van der Waals surface area contributed by atoms with E-state index >= 15 is 0 Å². The Morgan fingerprint density at radius 2 is 1.67 bits per heavy atom. The molecule has 1 saturated heterocycles. The summed E-state index contributed by atoms with van der Waals surface area (Å²) in [6, 6.07) is -0.0174. The Hall–Kier alpha value is -0.320. The topological polar surface area (TPSA) is 3.24 Å². The van der Waals surface area contributed by atoms with Gasteiger partial charge in [0.15, 0.2) is 0 Å². The summed E-state index contributed by atoms with van der Waals surface area (Å²) in [6.45, 7) is 2.45. The van der Waals surface area contributed by atoms with Crippen molar-refractivity contribution in [2.24, 2.45) is 0 Å². The molecule has 0 aromatic carbocycles. The molecule has 0 bridgehead atoms. The first-order valence-electron chi connectivity index (χ1n) is 3.76. The molecule has 0 atom stereocenters. The summed E-state index contributed by atoms with van der Waals surface area (Å²) in [5.74, 6) is 0. The van der Waals surface area contributed by atoms with Gasteiger partial charge in [0.2, 0.25) is 5.67 Å². The van der Waals surface area contributed by atoms with E-state index in [2.05, 4.69) is 0 Å². The third kappa shape index (κ3) is 1.42. The van der Waals surface area contributed by atoms with E-state index in [0.29, 0.717) is 0 Å². The van der Waals surface area contributed by atoms with Crippen LogP contribution in [0.2, 0.25) is 0 Å². The van der Waals surface area contributed by atoms with Gasteiger partial charge in [0, 0.05) is 19.1 Å². The molecular weight excluding hydrogens is 174 g/mol. The SMILES string of the molecule is CC(C)N1CC(F)(C(F)(F)F)C1. The van der Waals surface area contributed by atoms with E-state index in [1.807, 2.05) is 0 Å². The molecular formula is C7H11F4N. The monoisotopic (exact) mass is 185 g/mol. The van der Waals surface area contributed by atoms with Crippen LogP contribution in [0.1, 0.15) is 13.8 Å². The van der Waals surface area contributed by atoms with Crippen molar-refractivity contribution < 1.29 is 17.6 Å². The van der Waals surface area contributed by atoms with Crippen LogP contribution in [-0.2, 0) is 0 Å². The van der Waals surface area contributed by atoms with Crippen molar-refractivity contribution in [2.75, 3.05) is 13.1 Å². The second-order valence-electron chi connectivity index (χ2n) is 3.46. The number of halogens is 4. The summed E-state index contributed by atoms with van der Waals surface area (Å²) >= 11 is 0. The molecule has 0 spiro atoms. The molecule has 1 aliphatic heterocycles. The fourth-order valence-electron chi connectivity index (χ4n) is 1.14. The molecule has 1 heterocycles. The van der Waals surface area contributed by atoms with E-state index in [1.165, 1.54) is 4.90 Å². The van der Waals surface area contributed by atoms with E-state index in [4.69, 9.17) is 0 Å². The zero-order chi connectivity index (χ0) is 9.57. The number of rotatable bonds is 1. The highest BCUT2D eigenvalue weighted by Gasteiger charge is 2.63. The minimum Gasteiger partial charge on any atom is -0.294 e. The molecule has 1 fully saturated rings. The maximum absolute atomic E-state index is 12.9. The van der Waals surface area contributed by atoms with Gasteiger partial charge < -0.3 is 0 Å². The largest absolute Gasteiger partial charge is 0.425 e. The lowest BCUT2D eigenvalue weighted by Gasteiger charge is -2.47. The number of hydrogen-bond donors (Lipinski definition) is 0. The molecule has 1 rings (SSSR count). The maximum Gasteiger partial charge on any atom is 0.425 e. The minimum atomic E-state index is -4.71. The average Bonchev–Trinajstić information content (AvgIpc) is 1.77. The van der Waals surface area contributed by atoms with Crippen LogP contribution >= 0.6 is 0 Å². The lowest BCUT2D eigenvalue weighted by Crippen LogP contribution is -2.67. The highest BCUT2D eigenvalue weighted by atomic mass is 19.4. The fraction of sp³-hybridized carbons (Fsp3) is 1.00. The van der Waals surface area contributed by atoms with Gasteiger partial charge in [-0.15, -0.1) is 0 Å². The molecule has 0 unspecified atom stereocenters. The summed E-state index contributed by atoms with van der Waals surface area (Å²) in [4.78, 5) is 1.45. The predicted octanol–water partition coefficient (Wildman–Crippen LogP) is 1.98. The van der Waals surface area contributed by atoms with Gasteiger partial charge >= 0.3 is 6.18 Å². The first-order chi connectivity index (χ1) is 5.26. The Labute approximate surface area is 68.3 Å². The van der Waals surface area contributed by atoms with Crippen molar-refractivity contribution in [3.8, 4) is 0 Å². The van der Waals surface area contributed by atoms with Crippen LogP contribution < -0.4 is 0 Å². The highest BCUT2D eigenvalue weighted by molar-refractivity contribution is 5.02. The van der Waals surface area contributed by atoms with Crippen LogP contribution in [0.15, 0.2) is 0 Å². The molecule has 0 aromatic heterocycles. The standard InChI is InChI=1S/C7H11F4N/c1-5(2)12-3-6(8,4-12)7(9,10)11/h5H,3-4H2,1-2H3. The third-order valence-electron chi connectivity index (χ3n) is 2.15. The Morgan fingerprint density at radius 1 is 1.25 bits per heavy atom. The van der Waals surface area contributed by atoms with Crippen molar-refractivity contribution in [3.05, 3.63) is 0 Å².